The van der Waals surface area contributed by atoms with Crippen molar-refractivity contribution in [2.75, 3.05) is 17.2 Å². The summed E-state index contributed by atoms with van der Waals surface area (Å²) >= 11 is 12.1. The van der Waals surface area contributed by atoms with Crippen LogP contribution in [0.2, 0.25) is 10.0 Å². The molecule has 1 amide bonds. The van der Waals surface area contributed by atoms with Crippen LogP contribution in [0.1, 0.15) is 38.6 Å². The predicted octanol–water partition coefficient (Wildman–Crippen LogP) is 4.03. The zero-order chi connectivity index (χ0) is 23.7. The van der Waals surface area contributed by atoms with E-state index < -0.39 is 5.82 Å². The molecule has 1 saturated carbocycles. The summed E-state index contributed by atoms with van der Waals surface area (Å²) in [6, 6.07) is 2.31. The molecular weight excluding hydrogens is 472 g/mol. The van der Waals surface area contributed by atoms with Crippen molar-refractivity contribution in [2.24, 2.45) is 11.7 Å². The van der Waals surface area contributed by atoms with Gasteiger partial charge in [-0.1, -0.05) is 23.2 Å². The molecule has 4 rings (SSSR count). The lowest BCUT2D eigenvalue weighted by Gasteiger charge is -2.29. The maximum absolute atomic E-state index is 14.6. The summed E-state index contributed by atoms with van der Waals surface area (Å²) in [5.41, 5.74) is 6.57. The zero-order valence-corrected chi connectivity index (χ0v) is 19.4. The Morgan fingerprint density at radius 2 is 2.03 bits per heavy atom. The summed E-state index contributed by atoms with van der Waals surface area (Å²) in [6.07, 6.45) is 4.17. The summed E-state index contributed by atoms with van der Waals surface area (Å²) in [5, 5.41) is 15.7. The lowest BCUT2D eigenvalue weighted by Crippen LogP contribution is -2.29. The van der Waals surface area contributed by atoms with Crippen LogP contribution in [0.5, 0.6) is 0 Å². The molecule has 9 nitrogen and oxygen atoms in total. The predicted molar refractivity (Wildman–Crippen MR) is 125 cm³/mol. The smallest absolute Gasteiger partial charge is 0.225 e. The van der Waals surface area contributed by atoms with Crippen LogP contribution in [0.25, 0.3) is 11.2 Å². The number of carbonyl (C=O) groups excluding carboxylic acids is 1. The first-order chi connectivity index (χ1) is 15.8. The number of halogens is 3. The monoisotopic (exact) mass is 495 g/mol. The van der Waals surface area contributed by atoms with Crippen molar-refractivity contribution >= 4 is 57.9 Å². The molecule has 1 aromatic carbocycles. The number of fused-ring (bicyclic) bond motifs is 1. The standard InChI is InChI=1S/C21H24Cl2FN7O2/c1-10(9-32)27-20-26-8-16-19(30-20)31(13-4-2-11(3-5-13)18(25)33)21(28-16)29-17-14(23)6-12(22)7-15(17)24/h6-8,10-11,13,32H,2-5,9H2,1H3,(H2,25,33)(H,28,29)(H,26,27,30)/t10?,11-,13+. The van der Waals surface area contributed by atoms with Gasteiger partial charge in [-0.05, 0) is 44.7 Å². The number of imidazole rings is 1. The van der Waals surface area contributed by atoms with Crippen LogP contribution in [0.15, 0.2) is 18.3 Å². The third-order valence-electron chi connectivity index (χ3n) is 5.79. The number of hydrogen-bond donors (Lipinski definition) is 4. The molecule has 12 heteroatoms. The molecular formula is C21H24Cl2FN7O2. The second-order valence-electron chi connectivity index (χ2n) is 8.21. The van der Waals surface area contributed by atoms with Gasteiger partial charge < -0.3 is 21.5 Å². The first kappa shape index (κ1) is 23.5. The van der Waals surface area contributed by atoms with Gasteiger partial charge in [-0.25, -0.2) is 14.4 Å². The van der Waals surface area contributed by atoms with Gasteiger partial charge in [0.15, 0.2) is 5.65 Å². The number of aliphatic hydroxyl groups is 1. The van der Waals surface area contributed by atoms with E-state index in [1.165, 1.54) is 12.1 Å². The molecule has 1 aliphatic rings. The molecule has 176 valence electrons. The molecule has 0 aliphatic heterocycles. The molecule has 0 saturated heterocycles. The Morgan fingerprint density at radius 3 is 2.67 bits per heavy atom. The highest BCUT2D eigenvalue weighted by molar-refractivity contribution is 6.36. The summed E-state index contributed by atoms with van der Waals surface area (Å²) in [4.78, 5) is 25.1. The molecule has 0 bridgehead atoms. The van der Waals surface area contributed by atoms with Crippen LogP contribution in [-0.4, -0.2) is 43.2 Å². The summed E-state index contributed by atoms with van der Waals surface area (Å²) in [7, 11) is 0. The average molecular weight is 496 g/mol. The minimum Gasteiger partial charge on any atom is -0.394 e. The molecule has 1 unspecified atom stereocenters. The number of nitrogens with zero attached hydrogens (tertiary/aromatic N) is 4. The number of aliphatic hydroxyl groups excluding tert-OH is 1. The molecule has 0 spiro atoms. The number of aromatic nitrogens is 4. The van der Waals surface area contributed by atoms with Crippen molar-refractivity contribution in [1.82, 2.24) is 19.5 Å². The highest BCUT2D eigenvalue weighted by Crippen LogP contribution is 2.38. The zero-order valence-electron chi connectivity index (χ0n) is 17.9. The quantitative estimate of drug-likeness (QED) is 0.389. The summed E-state index contributed by atoms with van der Waals surface area (Å²) < 4.78 is 16.5. The van der Waals surface area contributed by atoms with Gasteiger partial charge in [-0.3, -0.25) is 9.36 Å². The van der Waals surface area contributed by atoms with Gasteiger partial charge >= 0.3 is 0 Å². The van der Waals surface area contributed by atoms with Gasteiger partial charge in [0.05, 0.1) is 23.5 Å². The number of nitrogens with two attached hydrogens (primary N) is 1. The van der Waals surface area contributed by atoms with E-state index in [0.717, 1.165) is 0 Å². The normalized spacial score (nSPS) is 19.4. The van der Waals surface area contributed by atoms with Gasteiger partial charge in [0.25, 0.3) is 0 Å². The molecule has 2 heterocycles. The Morgan fingerprint density at radius 1 is 1.30 bits per heavy atom. The molecule has 33 heavy (non-hydrogen) atoms. The highest BCUT2D eigenvalue weighted by Gasteiger charge is 2.29. The van der Waals surface area contributed by atoms with Crippen LogP contribution in [0, 0.1) is 11.7 Å². The Bertz CT molecular complexity index is 1160. The van der Waals surface area contributed by atoms with E-state index in [2.05, 4.69) is 25.6 Å². The third-order valence-corrected chi connectivity index (χ3v) is 6.31. The van der Waals surface area contributed by atoms with Crippen molar-refractivity contribution < 1.29 is 14.3 Å². The van der Waals surface area contributed by atoms with Crippen LogP contribution in [-0.2, 0) is 4.79 Å². The second kappa shape index (κ2) is 9.66. The number of nitrogens with one attached hydrogen (secondary N) is 2. The van der Waals surface area contributed by atoms with Crippen LogP contribution in [0.4, 0.5) is 22.0 Å². The highest BCUT2D eigenvalue weighted by atomic mass is 35.5. The minimum absolute atomic E-state index is 0.0451. The largest absolute Gasteiger partial charge is 0.394 e. The van der Waals surface area contributed by atoms with Crippen LogP contribution < -0.4 is 16.4 Å². The Labute approximate surface area is 199 Å². The molecule has 1 aliphatic carbocycles. The van der Waals surface area contributed by atoms with Crippen molar-refractivity contribution in [2.45, 2.75) is 44.7 Å². The maximum atomic E-state index is 14.6. The van der Waals surface area contributed by atoms with Gasteiger partial charge in [0.1, 0.15) is 11.3 Å². The fraction of sp³-hybridized carbons (Fsp3) is 0.429. The molecule has 2 aromatic heterocycles. The van der Waals surface area contributed by atoms with Crippen molar-refractivity contribution in [3.05, 3.63) is 34.2 Å². The summed E-state index contributed by atoms with van der Waals surface area (Å²) in [6.45, 7) is 1.72. The van der Waals surface area contributed by atoms with Gasteiger partial charge in [-0.15, -0.1) is 0 Å². The van der Waals surface area contributed by atoms with Crippen molar-refractivity contribution in [3.63, 3.8) is 0 Å². The van der Waals surface area contributed by atoms with E-state index in [1.807, 2.05) is 4.57 Å². The van der Waals surface area contributed by atoms with E-state index >= 15 is 0 Å². The molecule has 3 aromatic rings. The first-order valence-corrected chi connectivity index (χ1v) is 11.4. The number of hydrogen-bond acceptors (Lipinski definition) is 7. The Hall–Kier alpha value is -2.69. The average Bonchev–Trinajstić information content (AvgIpc) is 3.13. The molecule has 1 fully saturated rings. The number of primary amides is 1. The number of carbonyl (C=O) groups is 1. The van der Waals surface area contributed by atoms with Gasteiger partial charge in [0, 0.05) is 23.0 Å². The van der Waals surface area contributed by atoms with Crippen molar-refractivity contribution in [1.29, 1.82) is 0 Å². The van der Waals surface area contributed by atoms with Gasteiger partial charge in [0.2, 0.25) is 17.8 Å². The van der Waals surface area contributed by atoms with Gasteiger partial charge in [-0.2, -0.15) is 4.98 Å². The number of amides is 1. The van der Waals surface area contributed by atoms with E-state index in [0.29, 0.717) is 48.7 Å². The maximum Gasteiger partial charge on any atom is 0.225 e. The minimum atomic E-state index is -0.617. The van der Waals surface area contributed by atoms with Crippen molar-refractivity contribution in [3.8, 4) is 0 Å². The Balaban J connectivity index is 1.77. The van der Waals surface area contributed by atoms with E-state index in [9.17, 15) is 14.3 Å². The van der Waals surface area contributed by atoms with E-state index in [4.69, 9.17) is 28.9 Å². The number of rotatable bonds is 7. The fourth-order valence-corrected chi connectivity index (χ4v) is 4.57. The SMILES string of the molecule is CC(CO)Nc1ncc2nc(Nc3c(F)cc(Cl)cc3Cl)n([C@H]3CC[C@@H](C(N)=O)CC3)c2n1. The number of anilines is 3. The lowest BCUT2D eigenvalue weighted by molar-refractivity contribution is -0.122. The molecule has 1 atom stereocenters. The van der Waals surface area contributed by atoms with Crippen LogP contribution >= 0.6 is 23.2 Å². The molecule has 5 N–H and O–H groups in total. The number of benzene rings is 1. The molecule has 0 radical (unpaired) electrons. The fourth-order valence-electron chi connectivity index (χ4n) is 4.05. The van der Waals surface area contributed by atoms with E-state index in [1.54, 1.807) is 13.1 Å². The Kier molecular flexibility index (Phi) is 6.87. The van der Waals surface area contributed by atoms with Crippen LogP contribution in [0.3, 0.4) is 0 Å². The first-order valence-electron chi connectivity index (χ1n) is 10.6. The third kappa shape index (κ3) is 4.97. The summed E-state index contributed by atoms with van der Waals surface area (Å²) in [5.74, 6) is -0.415. The second-order valence-corrected chi connectivity index (χ2v) is 9.06. The van der Waals surface area contributed by atoms with E-state index in [-0.39, 0.29) is 46.2 Å². The lowest BCUT2D eigenvalue weighted by atomic mass is 9.85. The topological polar surface area (TPSA) is 131 Å².